The number of benzene rings is 1. The van der Waals surface area contributed by atoms with Crippen LogP contribution in [0.3, 0.4) is 0 Å². The molecule has 0 saturated heterocycles. The van der Waals surface area contributed by atoms with Crippen LogP contribution in [0.5, 0.6) is 5.75 Å². The maximum Gasteiger partial charge on any atom is 0.172 e. The van der Waals surface area contributed by atoms with Crippen LogP contribution in [0.4, 0.5) is 5.82 Å². The average Bonchev–Trinajstić information content (AvgIpc) is 2.64. The molecule has 1 aromatic carbocycles. The van der Waals surface area contributed by atoms with Crippen molar-refractivity contribution in [1.82, 2.24) is 5.16 Å². The van der Waals surface area contributed by atoms with Gasteiger partial charge >= 0.3 is 0 Å². The van der Waals surface area contributed by atoms with Gasteiger partial charge in [0.2, 0.25) is 0 Å². The van der Waals surface area contributed by atoms with Gasteiger partial charge in [-0.05, 0) is 18.2 Å². The van der Waals surface area contributed by atoms with Gasteiger partial charge in [0.25, 0.3) is 0 Å². The van der Waals surface area contributed by atoms with Crippen LogP contribution in [0.25, 0.3) is 11.3 Å². The molecule has 15 heavy (non-hydrogen) atoms. The van der Waals surface area contributed by atoms with Gasteiger partial charge in [-0.25, -0.2) is 0 Å². The van der Waals surface area contributed by atoms with Crippen molar-refractivity contribution < 1.29 is 9.26 Å². The third-order valence-electron chi connectivity index (χ3n) is 1.96. The highest BCUT2D eigenvalue weighted by atomic mass is 35.5. The first-order valence-corrected chi connectivity index (χ1v) is 4.64. The minimum Gasteiger partial charge on any atom is -0.496 e. The Morgan fingerprint density at radius 2 is 2.20 bits per heavy atom. The predicted octanol–water partition coefficient (Wildman–Crippen LogP) is 2.59. The molecule has 0 aliphatic carbocycles. The highest BCUT2D eigenvalue weighted by Crippen LogP contribution is 2.32. The highest BCUT2D eigenvalue weighted by molar-refractivity contribution is 6.30. The lowest BCUT2D eigenvalue weighted by Gasteiger charge is -2.05. The summed E-state index contributed by atoms with van der Waals surface area (Å²) < 4.78 is 10.2. The van der Waals surface area contributed by atoms with Gasteiger partial charge in [-0.3, -0.25) is 0 Å². The summed E-state index contributed by atoms with van der Waals surface area (Å²) in [4.78, 5) is 0. The maximum atomic E-state index is 5.84. The van der Waals surface area contributed by atoms with Crippen molar-refractivity contribution in [1.29, 1.82) is 0 Å². The first-order chi connectivity index (χ1) is 7.20. The standard InChI is InChI=1S/C10H9ClN2O2/c1-14-8-4-6(11)2-3-7(8)9-5-10(12)13-15-9/h2-5H,1H3,(H2,12,13). The number of rotatable bonds is 2. The van der Waals surface area contributed by atoms with Crippen LogP contribution in [0.1, 0.15) is 0 Å². The number of ether oxygens (including phenoxy) is 1. The summed E-state index contributed by atoms with van der Waals surface area (Å²) in [7, 11) is 1.56. The Kier molecular flexibility index (Phi) is 2.51. The summed E-state index contributed by atoms with van der Waals surface area (Å²) in [5.74, 6) is 1.52. The monoisotopic (exact) mass is 224 g/mol. The Morgan fingerprint density at radius 1 is 1.40 bits per heavy atom. The molecule has 0 radical (unpaired) electrons. The number of aromatic nitrogens is 1. The van der Waals surface area contributed by atoms with Crippen molar-refractivity contribution in [2.24, 2.45) is 0 Å². The second-order valence-corrected chi connectivity index (χ2v) is 3.40. The molecule has 78 valence electrons. The van der Waals surface area contributed by atoms with Gasteiger partial charge in [0.15, 0.2) is 11.6 Å². The molecule has 1 heterocycles. The predicted molar refractivity (Wildman–Crippen MR) is 57.9 cm³/mol. The molecule has 0 fully saturated rings. The molecule has 2 rings (SSSR count). The molecule has 0 aliphatic heterocycles. The number of nitrogens with zero attached hydrogens (tertiary/aromatic N) is 1. The van der Waals surface area contributed by atoms with Gasteiger partial charge < -0.3 is 15.0 Å². The largest absolute Gasteiger partial charge is 0.496 e. The average molecular weight is 225 g/mol. The van der Waals surface area contributed by atoms with Gasteiger partial charge in [0, 0.05) is 11.1 Å². The van der Waals surface area contributed by atoms with E-state index in [-0.39, 0.29) is 0 Å². The van der Waals surface area contributed by atoms with E-state index in [9.17, 15) is 0 Å². The Balaban J connectivity index is 2.52. The van der Waals surface area contributed by atoms with Crippen LogP contribution in [0.2, 0.25) is 5.02 Å². The normalized spacial score (nSPS) is 10.3. The first-order valence-electron chi connectivity index (χ1n) is 4.27. The minimum atomic E-state index is 0.335. The molecule has 2 aromatic rings. The molecule has 0 spiro atoms. The van der Waals surface area contributed by atoms with E-state index in [1.54, 1.807) is 31.4 Å². The topological polar surface area (TPSA) is 61.3 Å². The molecule has 0 bridgehead atoms. The quantitative estimate of drug-likeness (QED) is 0.852. The highest BCUT2D eigenvalue weighted by Gasteiger charge is 2.10. The van der Waals surface area contributed by atoms with E-state index < -0.39 is 0 Å². The summed E-state index contributed by atoms with van der Waals surface area (Å²) in [5, 5.41) is 4.21. The molecule has 0 aliphatic rings. The van der Waals surface area contributed by atoms with E-state index >= 15 is 0 Å². The minimum absolute atomic E-state index is 0.335. The van der Waals surface area contributed by atoms with Gasteiger partial charge in [-0.15, -0.1) is 0 Å². The van der Waals surface area contributed by atoms with Crippen LogP contribution < -0.4 is 10.5 Å². The van der Waals surface area contributed by atoms with Crippen LogP contribution in [0, 0.1) is 0 Å². The number of nitrogens with two attached hydrogens (primary N) is 1. The SMILES string of the molecule is COc1cc(Cl)ccc1-c1cc(N)no1. The molecule has 0 unspecified atom stereocenters. The number of hydrogen-bond acceptors (Lipinski definition) is 4. The molecule has 0 atom stereocenters. The molecular formula is C10H9ClN2O2. The van der Waals surface area contributed by atoms with Gasteiger partial charge in [0.1, 0.15) is 5.75 Å². The van der Waals surface area contributed by atoms with Crippen LogP contribution in [-0.2, 0) is 0 Å². The van der Waals surface area contributed by atoms with Gasteiger partial charge in [-0.2, -0.15) is 0 Å². The summed E-state index contributed by atoms with van der Waals surface area (Å²) in [5.41, 5.74) is 6.24. The van der Waals surface area contributed by atoms with Crippen molar-refractivity contribution >= 4 is 17.4 Å². The Morgan fingerprint density at radius 3 is 2.80 bits per heavy atom. The zero-order valence-corrected chi connectivity index (χ0v) is 8.78. The molecule has 2 N–H and O–H groups in total. The van der Waals surface area contributed by atoms with Crippen molar-refractivity contribution in [3.8, 4) is 17.1 Å². The summed E-state index contributed by atoms with van der Waals surface area (Å²) >= 11 is 5.84. The van der Waals surface area contributed by atoms with E-state index in [2.05, 4.69) is 5.16 Å². The fourth-order valence-corrected chi connectivity index (χ4v) is 1.45. The van der Waals surface area contributed by atoms with E-state index in [0.717, 1.165) is 5.56 Å². The number of methoxy groups -OCH3 is 1. The third kappa shape index (κ3) is 1.89. The van der Waals surface area contributed by atoms with Crippen molar-refractivity contribution in [3.63, 3.8) is 0 Å². The Bertz CT molecular complexity index is 482. The molecule has 0 amide bonds. The van der Waals surface area contributed by atoms with Crippen LogP contribution in [-0.4, -0.2) is 12.3 Å². The second-order valence-electron chi connectivity index (χ2n) is 2.96. The number of hydrogen-bond donors (Lipinski definition) is 1. The molecular weight excluding hydrogens is 216 g/mol. The van der Waals surface area contributed by atoms with Gasteiger partial charge in [-0.1, -0.05) is 16.8 Å². The number of halogens is 1. The van der Waals surface area contributed by atoms with E-state index in [4.69, 9.17) is 26.6 Å². The molecule has 1 aromatic heterocycles. The van der Waals surface area contributed by atoms with E-state index in [1.807, 2.05) is 0 Å². The smallest absolute Gasteiger partial charge is 0.172 e. The lowest BCUT2D eigenvalue weighted by Crippen LogP contribution is -1.86. The van der Waals surface area contributed by atoms with Gasteiger partial charge in [0.05, 0.1) is 12.7 Å². The number of anilines is 1. The molecule has 5 heteroatoms. The zero-order valence-electron chi connectivity index (χ0n) is 8.03. The lowest BCUT2D eigenvalue weighted by molar-refractivity contribution is 0.407. The van der Waals surface area contributed by atoms with E-state index in [0.29, 0.717) is 22.4 Å². The van der Waals surface area contributed by atoms with Crippen molar-refractivity contribution in [2.75, 3.05) is 12.8 Å². The first kappa shape index (κ1) is 9.86. The second kappa shape index (κ2) is 3.82. The summed E-state index contributed by atoms with van der Waals surface area (Å²) in [6.45, 7) is 0. The van der Waals surface area contributed by atoms with E-state index in [1.165, 1.54) is 0 Å². The molecule has 0 saturated carbocycles. The summed E-state index contributed by atoms with van der Waals surface area (Å²) in [6.07, 6.45) is 0. The lowest BCUT2D eigenvalue weighted by atomic mass is 10.1. The maximum absolute atomic E-state index is 5.84. The Hall–Kier alpha value is -1.68. The molecule has 4 nitrogen and oxygen atoms in total. The third-order valence-corrected chi connectivity index (χ3v) is 2.19. The fourth-order valence-electron chi connectivity index (χ4n) is 1.28. The zero-order chi connectivity index (χ0) is 10.8. The van der Waals surface area contributed by atoms with Crippen molar-refractivity contribution in [3.05, 3.63) is 29.3 Å². The Labute approximate surface area is 91.6 Å². The van der Waals surface area contributed by atoms with Crippen LogP contribution >= 0.6 is 11.6 Å². The fraction of sp³-hybridized carbons (Fsp3) is 0.100. The van der Waals surface area contributed by atoms with Crippen molar-refractivity contribution in [2.45, 2.75) is 0 Å². The summed E-state index contributed by atoms with van der Waals surface area (Å²) in [6, 6.07) is 6.88. The van der Waals surface area contributed by atoms with Crippen LogP contribution in [0.15, 0.2) is 28.8 Å². The number of nitrogen functional groups attached to an aromatic ring is 1.